The SMILES string of the molecule is CNC(=O)C1OC(n2cnc3c(NCCc4ccc(F)cc4)ncnc32)C(O)C1N=[N+]=[N-]. The van der Waals surface area contributed by atoms with E-state index in [2.05, 4.69) is 35.6 Å². The minimum absolute atomic E-state index is 0.289. The number of azide groups is 1. The maximum atomic E-state index is 13.0. The topological polar surface area (TPSA) is 163 Å². The molecule has 1 aliphatic heterocycles. The Morgan fingerprint density at radius 1 is 1.34 bits per heavy atom. The zero-order valence-electron chi connectivity index (χ0n) is 17.0. The van der Waals surface area contributed by atoms with E-state index in [1.54, 1.807) is 12.1 Å². The molecule has 4 atom stereocenters. The highest BCUT2D eigenvalue weighted by atomic mass is 19.1. The summed E-state index contributed by atoms with van der Waals surface area (Å²) < 4.78 is 20.2. The van der Waals surface area contributed by atoms with Crippen LogP contribution in [0.4, 0.5) is 10.2 Å². The summed E-state index contributed by atoms with van der Waals surface area (Å²) in [7, 11) is 1.42. The Kier molecular flexibility index (Phi) is 6.12. The Bertz CT molecular complexity index is 1160. The molecule has 0 aliphatic carbocycles. The largest absolute Gasteiger partial charge is 0.388 e. The van der Waals surface area contributed by atoms with Gasteiger partial charge in [-0.1, -0.05) is 17.2 Å². The van der Waals surface area contributed by atoms with Gasteiger partial charge in [-0.25, -0.2) is 19.3 Å². The van der Waals surface area contributed by atoms with Crippen LogP contribution in [-0.2, 0) is 16.0 Å². The Morgan fingerprint density at radius 2 is 2.12 bits per heavy atom. The van der Waals surface area contributed by atoms with Gasteiger partial charge in [0.25, 0.3) is 0 Å². The van der Waals surface area contributed by atoms with Crippen LogP contribution in [0.2, 0.25) is 0 Å². The molecule has 0 radical (unpaired) electrons. The van der Waals surface area contributed by atoms with Crippen molar-refractivity contribution in [1.82, 2.24) is 24.8 Å². The number of rotatable bonds is 7. The molecule has 1 fully saturated rings. The third-order valence-electron chi connectivity index (χ3n) is 5.18. The lowest BCUT2D eigenvalue weighted by atomic mass is 10.1. The molecule has 1 aromatic carbocycles. The number of hydrogen-bond donors (Lipinski definition) is 3. The Balaban J connectivity index is 1.55. The van der Waals surface area contributed by atoms with Crippen LogP contribution in [0.1, 0.15) is 11.8 Å². The lowest BCUT2D eigenvalue weighted by molar-refractivity contribution is -0.134. The number of ether oxygens (including phenoxy) is 1. The van der Waals surface area contributed by atoms with E-state index >= 15 is 0 Å². The molecule has 2 aromatic heterocycles. The summed E-state index contributed by atoms with van der Waals surface area (Å²) in [6, 6.07) is 5.12. The molecule has 4 unspecified atom stereocenters. The van der Waals surface area contributed by atoms with E-state index in [-0.39, 0.29) is 5.82 Å². The lowest BCUT2D eigenvalue weighted by Crippen LogP contribution is -2.40. The Hall–Kier alpha value is -3.80. The fourth-order valence-electron chi connectivity index (χ4n) is 3.58. The van der Waals surface area contributed by atoms with Crippen LogP contribution in [0, 0.1) is 5.82 Å². The van der Waals surface area contributed by atoms with Crippen molar-refractivity contribution in [2.75, 3.05) is 18.9 Å². The summed E-state index contributed by atoms with van der Waals surface area (Å²) >= 11 is 0. The van der Waals surface area contributed by atoms with Gasteiger partial charge in [0.1, 0.15) is 30.4 Å². The van der Waals surface area contributed by atoms with Crippen LogP contribution in [0.25, 0.3) is 21.6 Å². The van der Waals surface area contributed by atoms with Gasteiger partial charge >= 0.3 is 0 Å². The summed E-state index contributed by atoms with van der Waals surface area (Å²) in [5.41, 5.74) is 10.6. The molecule has 0 spiro atoms. The molecule has 1 aliphatic rings. The molecule has 13 heteroatoms. The van der Waals surface area contributed by atoms with Gasteiger partial charge < -0.3 is 20.5 Å². The number of aliphatic hydroxyl groups is 1. The minimum atomic E-state index is -1.30. The first-order chi connectivity index (χ1) is 15.5. The molecule has 3 N–H and O–H groups in total. The van der Waals surface area contributed by atoms with E-state index in [4.69, 9.17) is 10.3 Å². The van der Waals surface area contributed by atoms with E-state index in [9.17, 15) is 14.3 Å². The molecule has 0 saturated carbocycles. The maximum Gasteiger partial charge on any atom is 0.249 e. The van der Waals surface area contributed by atoms with Gasteiger partial charge in [-0.3, -0.25) is 9.36 Å². The number of aliphatic hydroxyl groups excluding tert-OH is 1. The normalized spacial score (nSPS) is 22.5. The third-order valence-corrected chi connectivity index (χ3v) is 5.18. The Morgan fingerprint density at radius 3 is 2.84 bits per heavy atom. The second kappa shape index (κ2) is 9.14. The first-order valence-electron chi connectivity index (χ1n) is 9.78. The summed E-state index contributed by atoms with van der Waals surface area (Å²) in [4.78, 5) is 27.6. The van der Waals surface area contributed by atoms with Gasteiger partial charge in [0.05, 0.1) is 6.33 Å². The van der Waals surface area contributed by atoms with E-state index in [1.165, 1.54) is 36.4 Å². The van der Waals surface area contributed by atoms with Gasteiger partial charge in [-0.05, 0) is 29.6 Å². The highest BCUT2D eigenvalue weighted by Crippen LogP contribution is 2.34. The van der Waals surface area contributed by atoms with Gasteiger partial charge in [0, 0.05) is 18.5 Å². The number of anilines is 1. The molecule has 1 saturated heterocycles. The second-order valence-electron chi connectivity index (χ2n) is 7.10. The standard InChI is InChI=1S/C19H20FN9O3/c1-22-18(31)15-12(27-28-21)14(30)19(32-15)29-9-26-13-16(24-8-25-17(13)29)23-7-6-10-2-4-11(20)5-3-10/h2-5,8-9,12,14-15,19,30H,6-7H2,1H3,(H,22,31)(H,23,24,25). The predicted molar refractivity (Wildman–Crippen MR) is 111 cm³/mol. The monoisotopic (exact) mass is 441 g/mol. The molecule has 3 aromatic rings. The predicted octanol–water partition coefficient (Wildman–Crippen LogP) is 1.30. The molecule has 12 nitrogen and oxygen atoms in total. The van der Waals surface area contributed by atoms with Crippen molar-refractivity contribution >= 4 is 22.9 Å². The summed E-state index contributed by atoms with van der Waals surface area (Å²) in [5, 5.41) is 19.8. The molecule has 0 bridgehead atoms. The molecular formula is C19H20FN9O3. The number of hydrogen-bond acceptors (Lipinski definition) is 8. The fraction of sp³-hybridized carbons (Fsp3) is 0.368. The first kappa shape index (κ1) is 21.4. The number of carbonyl (C=O) groups is 1. The highest BCUT2D eigenvalue weighted by molar-refractivity contribution is 5.83. The van der Waals surface area contributed by atoms with Crippen LogP contribution in [-0.4, -0.2) is 62.4 Å². The van der Waals surface area contributed by atoms with Gasteiger partial charge in [-0.2, -0.15) is 0 Å². The van der Waals surface area contributed by atoms with Crippen molar-refractivity contribution in [3.8, 4) is 0 Å². The first-order valence-corrected chi connectivity index (χ1v) is 9.78. The van der Waals surface area contributed by atoms with Gasteiger partial charge in [0.15, 0.2) is 23.2 Å². The summed E-state index contributed by atoms with van der Waals surface area (Å²) in [6.45, 7) is 0.519. The Labute approximate surface area is 181 Å². The summed E-state index contributed by atoms with van der Waals surface area (Å²) in [5.74, 6) is -0.341. The van der Waals surface area contributed by atoms with Crippen molar-refractivity contribution < 1.29 is 19.0 Å². The van der Waals surface area contributed by atoms with Gasteiger partial charge in [0.2, 0.25) is 5.91 Å². The average molecular weight is 441 g/mol. The van der Waals surface area contributed by atoms with E-state index in [0.29, 0.717) is 29.9 Å². The smallest absolute Gasteiger partial charge is 0.249 e. The quantitative estimate of drug-likeness (QED) is 0.283. The number of benzene rings is 1. The molecular weight excluding hydrogens is 421 g/mol. The second-order valence-corrected chi connectivity index (χ2v) is 7.10. The van der Waals surface area contributed by atoms with Crippen molar-refractivity contribution in [3.63, 3.8) is 0 Å². The van der Waals surface area contributed by atoms with Crippen LogP contribution >= 0.6 is 0 Å². The van der Waals surface area contributed by atoms with Crippen LogP contribution in [0.3, 0.4) is 0 Å². The number of aromatic nitrogens is 4. The van der Waals surface area contributed by atoms with Crippen molar-refractivity contribution in [1.29, 1.82) is 0 Å². The number of fused-ring (bicyclic) bond motifs is 1. The number of nitrogens with zero attached hydrogens (tertiary/aromatic N) is 7. The third kappa shape index (κ3) is 4.04. The van der Waals surface area contributed by atoms with E-state index in [0.717, 1.165) is 5.56 Å². The molecule has 1 amide bonds. The molecule has 4 rings (SSSR count). The minimum Gasteiger partial charge on any atom is -0.388 e. The van der Waals surface area contributed by atoms with Crippen molar-refractivity contribution in [3.05, 3.63) is 58.7 Å². The number of likely N-dealkylation sites (N-methyl/N-ethyl adjacent to an activating group) is 1. The highest BCUT2D eigenvalue weighted by Gasteiger charge is 2.48. The lowest BCUT2D eigenvalue weighted by Gasteiger charge is -2.16. The fourth-order valence-corrected chi connectivity index (χ4v) is 3.58. The van der Waals surface area contributed by atoms with E-state index in [1.807, 2.05) is 0 Å². The zero-order valence-corrected chi connectivity index (χ0v) is 17.0. The van der Waals surface area contributed by atoms with Crippen LogP contribution in [0.5, 0.6) is 0 Å². The van der Waals surface area contributed by atoms with Crippen molar-refractivity contribution in [2.24, 2.45) is 5.11 Å². The zero-order chi connectivity index (χ0) is 22.7. The average Bonchev–Trinajstić information content (AvgIpc) is 3.37. The number of imidazole rings is 1. The maximum absolute atomic E-state index is 13.0. The number of amides is 1. The van der Waals surface area contributed by atoms with Crippen LogP contribution in [0.15, 0.2) is 42.0 Å². The molecule has 3 heterocycles. The van der Waals surface area contributed by atoms with Crippen LogP contribution < -0.4 is 10.6 Å². The van der Waals surface area contributed by atoms with E-state index < -0.39 is 30.4 Å². The summed E-state index contributed by atoms with van der Waals surface area (Å²) in [6.07, 6.45) is -0.113. The van der Waals surface area contributed by atoms with Crippen molar-refractivity contribution in [2.45, 2.75) is 30.9 Å². The number of halogens is 1. The molecule has 166 valence electrons. The number of nitrogens with one attached hydrogen (secondary N) is 2. The van der Waals surface area contributed by atoms with Gasteiger partial charge in [-0.15, -0.1) is 0 Å². The molecule has 32 heavy (non-hydrogen) atoms. The number of carbonyl (C=O) groups excluding carboxylic acids is 1.